The molecule has 1 amide bonds. The van der Waals surface area contributed by atoms with Gasteiger partial charge in [-0.15, -0.1) is 0 Å². The molecule has 1 saturated heterocycles. The summed E-state index contributed by atoms with van der Waals surface area (Å²) in [7, 11) is 3.19. The highest BCUT2D eigenvalue weighted by molar-refractivity contribution is 8.00. The number of nitrogens with zero attached hydrogens (tertiary/aromatic N) is 3. The van der Waals surface area contributed by atoms with Gasteiger partial charge in [0.1, 0.15) is 0 Å². The number of carbonyl (C=O) groups is 1. The molecule has 1 aliphatic rings. The zero-order chi connectivity index (χ0) is 23.1. The summed E-state index contributed by atoms with van der Waals surface area (Å²) in [5.74, 6) is 3.36. The minimum Gasteiger partial charge on any atom is -0.493 e. The maximum atomic E-state index is 12.6. The first-order valence-electron chi connectivity index (χ1n) is 11.0. The summed E-state index contributed by atoms with van der Waals surface area (Å²) in [5.41, 5.74) is 0.793. The van der Waals surface area contributed by atoms with Crippen LogP contribution in [0.15, 0.2) is 22.7 Å². The maximum absolute atomic E-state index is 12.6. The van der Waals surface area contributed by atoms with E-state index in [-0.39, 0.29) is 16.6 Å². The molecule has 1 aromatic heterocycles. The van der Waals surface area contributed by atoms with Crippen LogP contribution in [0.5, 0.6) is 11.5 Å². The fraction of sp³-hybridized carbons (Fsp3) is 0.609. The topological polar surface area (TPSA) is 89.7 Å². The zero-order valence-corrected chi connectivity index (χ0v) is 20.5. The highest BCUT2D eigenvalue weighted by Gasteiger charge is 2.27. The van der Waals surface area contributed by atoms with Gasteiger partial charge in [-0.3, -0.25) is 9.69 Å². The average Bonchev–Trinajstić information content (AvgIpc) is 3.24. The summed E-state index contributed by atoms with van der Waals surface area (Å²) in [6.07, 6.45) is 1.89. The summed E-state index contributed by atoms with van der Waals surface area (Å²) < 4.78 is 16.3. The van der Waals surface area contributed by atoms with Crippen molar-refractivity contribution < 1.29 is 18.8 Å². The van der Waals surface area contributed by atoms with E-state index in [0.717, 1.165) is 30.7 Å². The lowest BCUT2D eigenvalue weighted by Crippen LogP contribution is -2.43. The van der Waals surface area contributed by atoms with Crippen molar-refractivity contribution in [2.75, 3.05) is 39.6 Å². The van der Waals surface area contributed by atoms with E-state index in [1.54, 1.807) is 14.2 Å². The number of ether oxygens (including phenoxy) is 2. The summed E-state index contributed by atoms with van der Waals surface area (Å²) in [6.45, 7) is 9.41. The summed E-state index contributed by atoms with van der Waals surface area (Å²) >= 11 is 1.86. The van der Waals surface area contributed by atoms with Crippen LogP contribution in [-0.4, -0.2) is 65.3 Å². The molecule has 2 heterocycles. The number of aromatic nitrogens is 2. The monoisotopic (exact) mass is 462 g/mol. The number of carbonyl (C=O) groups excluding carboxylic acids is 1. The zero-order valence-electron chi connectivity index (χ0n) is 19.6. The van der Waals surface area contributed by atoms with E-state index in [1.807, 2.05) is 30.0 Å². The van der Waals surface area contributed by atoms with Gasteiger partial charge in [0.2, 0.25) is 17.6 Å². The first-order valence-corrected chi connectivity index (χ1v) is 12.0. The van der Waals surface area contributed by atoms with Gasteiger partial charge < -0.3 is 19.3 Å². The number of amides is 1. The van der Waals surface area contributed by atoms with Gasteiger partial charge in [0, 0.05) is 29.2 Å². The Balaban J connectivity index is 1.53. The number of thioether (sulfide) groups is 1. The molecule has 32 heavy (non-hydrogen) atoms. The van der Waals surface area contributed by atoms with E-state index in [4.69, 9.17) is 14.0 Å². The number of nitrogens with one attached hydrogen (secondary N) is 1. The van der Waals surface area contributed by atoms with Crippen molar-refractivity contribution >= 4 is 17.7 Å². The van der Waals surface area contributed by atoms with Crippen LogP contribution in [0.1, 0.15) is 39.5 Å². The van der Waals surface area contributed by atoms with Crippen molar-refractivity contribution in [1.29, 1.82) is 0 Å². The van der Waals surface area contributed by atoms with Gasteiger partial charge in [-0.1, -0.05) is 25.9 Å². The average molecular weight is 463 g/mol. The Morgan fingerprint density at radius 1 is 1.28 bits per heavy atom. The van der Waals surface area contributed by atoms with E-state index < -0.39 is 0 Å². The van der Waals surface area contributed by atoms with Crippen molar-refractivity contribution in [1.82, 2.24) is 20.4 Å². The Kier molecular flexibility index (Phi) is 8.42. The van der Waals surface area contributed by atoms with Gasteiger partial charge in [0.25, 0.3) is 0 Å². The standard InChI is InChI=1S/C23H34N4O4S/c1-23(2,3)32-12-10-24-22(28)17-7-6-11-27(14-17)15-20-25-21(26-31-20)16-8-9-18(29-4)19(13-16)30-5/h8-9,13,17H,6-7,10-12,14-15H2,1-5H3,(H,24,28). The lowest BCUT2D eigenvalue weighted by Gasteiger charge is -2.31. The predicted molar refractivity (Wildman–Crippen MR) is 126 cm³/mol. The second kappa shape index (κ2) is 11.0. The normalized spacial score (nSPS) is 17.2. The number of rotatable bonds is 9. The Hall–Kier alpha value is -2.26. The van der Waals surface area contributed by atoms with Crippen LogP contribution in [0.4, 0.5) is 0 Å². The number of piperidine rings is 1. The van der Waals surface area contributed by atoms with Crippen molar-refractivity contribution in [3.8, 4) is 22.9 Å². The van der Waals surface area contributed by atoms with Crippen molar-refractivity contribution in [2.24, 2.45) is 5.92 Å². The van der Waals surface area contributed by atoms with Crippen LogP contribution >= 0.6 is 11.8 Å². The second-order valence-corrected chi connectivity index (χ2v) is 10.8. The largest absolute Gasteiger partial charge is 0.493 e. The Labute approximate surface area is 194 Å². The molecule has 9 heteroatoms. The van der Waals surface area contributed by atoms with Gasteiger partial charge in [-0.25, -0.2) is 0 Å². The second-order valence-electron chi connectivity index (χ2n) is 8.91. The van der Waals surface area contributed by atoms with Crippen LogP contribution in [0, 0.1) is 5.92 Å². The Morgan fingerprint density at radius 2 is 2.06 bits per heavy atom. The van der Waals surface area contributed by atoms with Crippen LogP contribution in [-0.2, 0) is 11.3 Å². The molecule has 1 atom stereocenters. The molecule has 8 nitrogen and oxygen atoms in total. The van der Waals surface area contributed by atoms with Crippen LogP contribution in [0.3, 0.4) is 0 Å². The number of benzene rings is 1. The number of methoxy groups -OCH3 is 2. The van der Waals surface area contributed by atoms with Crippen molar-refractivity contribution in [3.05, 3.63) is 24.1 Å². The lowest BCUT2D eigenvalue weighted by molar-refractivity contribution is -0.126. The summed E-state index contributed by atoms with van der Waals surface area (Å²) in [5, 5.41) is 7.21. The summed E-state index contributed by atoms with van der Waals surface area (Å²) in [6, 6.07) is 5.51. The molecular formula is C23H34N4O4S. The minimum atomic E-state index is -0.00312. The van der Waals surface area contributed by atoms with Crippen molar-refractivity contribution in [2.45, 2.75) is 44.9 Å². The maximum Gasteiger partial charge on any atom is 0.241 e. The Morgan fingerprint density at radius 3 is 2.78 bits per heavy atom. The quantitative estimate of drug-likeness (QED) is 0.565. The third-order valence-electron chi connectivity index (χ3n) is 5.28. The fourth-order valence-corrected chi connectivity index (χ4v) is 4.51. The fourth-order valence-electron chi connectivity index (χ4n) is 3.69. The molecule has 0 aliphatic carbocycles. The number of hydrogen-bond donors (Lipinski definition) is 1. The van der Waals surface area contributed by atoms with Crippen LogP contribution < -0.4 is 14.8 Å². The molecule has 1 N–H and O–H groups in total. The van der Waals surface area contributed by atoms with Gasteiger partial charge in [0.05, 0.1) is 26.7 Å². The summed E-state index contributed by atoms with van der Waals surface area (Å²) in [4.78, 5) is 19.4. The molecule has 0 spiro atoms. The van der Waals surface area contributed by atoms with Gasteiger partial charge in [-0.05, 0) is 37.6 Å². The molecule has 0 bridgehead atoms. The third kappa shape index (κ3) is 6.87. The van der Waals surface area contributed by atoms with Crippen molar-refractivity contribution in [3.63, 3.8) is 0 Å². The molecule has 0 saturated carbocycles. The molecule has 1 unspecified atom stereocenters. The molecule has 1 fully saturated rings. The van der Waals surface area contributed by atoms with E-state index in [0.29, 0.717) is 42.8 Å². The first kappa shape index (κ1) is 24.4. The molecule has 3 rings (SSSR count). The van der Waals surface area contributed by atoms with Gasteiger partial charge in [-0.2, -0.15) is 16.7 Å². The van der Waals surface area contributed by atoms with E-state index >= 15 is 0 Å². The van der Waals surface area contributed by atoms with Gasteiger partial charge in [0.15, 0.2) is 11.5 Å². The molecule has 1 aromatic carbocycles. The van der Waals surface area contributed by atoms with E-state index in [2.05, 4.69) is 41.1 Å². The smallest absolute Gasteiger partial charge is 0.241 e. The minimum absolute atomic E-state index is 0.00312. The van der Waals surface area contributed by atoms with Gasteiger partial charge >= 0.3 is 0 Å². The number of hydrogen-bond acceptors (Lipinski definition) is 8. The van der Waals surface area contributed by atoms with E-state index in [1.165, 1.54) is 0 Å². The lowest BCUT2D eigenvalue weighted by atomic mass is 9.97. The number of likely N-dealkylation sites (tertiary alicyclic amines) is 1. The van der Waals surface area contributed by atoms with Crippen LogP contribution in [0.25, 0.3) is 11.4 Å². The molecule has 1 aliphatic heterocycles. The Bertz CT molecular complexity index is 896. The molecular weight excluding hydrogens is 428 g/mol. The highest BCUT2D eigenvalue weighted by atomic mass is 32.2. The SMILES string of the molecule is COc1ccc(-c2noc(CN3CCCC(C(=O)NCCSC(C)(C)C)C3)n2)cc1OC. The molecule has 176 valence electrons. The van der Waals surface area contributed by atoms with E-state index in [9.17, 15) is 4.79 Å². The predicted octanol–water partition coefficient (Wildman–Crippen LogP) is 3.61. The third-order valence-corrected chi connectivity index (χ3v) is 6.56. The van der Waals surface area contributed by atoms with Crippen LogP contribution in [0.2, 0.25) is 0 Å². The highest BCUT2D eigenvalue weighted by Crippen LogP contribution is 2.31. The first-order chi connectivity index (χ1) is 15.3. The molecule has 0 radical (unpaired) electrons. The molecule has 2 aromatic rings.